The summed E-state index contributed by atoms with van der Waals surface area (Å²) in [6.07, 6.45) is 3.73. The van der Waals surface area contributed by atoms with Gasteiger partial charge >= 0.3 is 6.03 Å². The summed E-state index contributed by atoms with van der Waals surface area (Å²) in [5.41, 5.74) is 2.19. The molecule has 1 saturated heterocycles. The number of hydrogen-bond acceptors (Lipinski definition) is 4. The van der Waals surface area contributed by atoms with Crippen LogP contribution in [0.3, 0.4) is 0 Å². The first-order valence-electron chi connectivity index (χ1n) is 10.1. The Hall–Kier alpha value is -2.58. The molecule has 0 radical (unpaired) electrons. The number of urea groups is 1. The van der Waals surface area contributed by atoms with E-state index in [1.54, 1.807) is 7.11 Å². The van der Waals surface area contributed by atoms with Crippen molar-refractivity contribution in [1.29, 1.82) is 0 Å². The van der Waals surface area contributed by atoms with E-state index in [9.17, 15) is 13.2 Å². The Kier molecular flexibility index (Phi) is 5.46. The summed E-state index contributed by atoms with van der Waals surface area (Å²) in [6, 6.07) is 17.6. The average molecular weight is 430 g/mol. The first kappa shape index (κ1) is 20.7. The first-order chi connectivity index (χ1) is 14.3. The molecule has 2 amide bonds. The van der Waals surface area contributed by atoms with Gasteiger partial charge in [-0.3, -0.25) is 0 Å². The lowest BCUT2D eigenvalue weighted by Gasteiger charge is -2.31. The van der Waals surface area contributed by atoms with E-state index in [0.717, 1.165) is 30.4 Å². The van der Waals surface area contributed by atoms with Crippen molar-refractivity contribution in [1.82, 2.24) is 14.7 Å². The molecule has 8 heteroatoms. The summed E-state index contributed by atoms with van der Waals surface area (Å²) in [6.45, 7) is 0.857. The van der Waals surface area contributed by atoms with Gasteiger partial charge in [0.2, 0.25) is 10.0 Å². The van der Waals surface area contributed by atoms with Crippen LogP contribution in [0.25, 0.3) is 0 Å². The largest absolute Gasteiger partial charge is 0.497 e. The van der Waals surface area contributed by atoms with Crippen LogP contribution in [-0.2, 0) is 21.9 Å². The molecule has 2 aromatic carbocycles. The number of methoxy groups -OCH3 is 1. The standard InChI is InChI=1S/C22H27N3O4S/c1-29-19-10-8-17(9-11-19)12-15-24-20(16-25(21(24)26)23-30(2,27)28)22(13-14-22)18-6-4-3-5-7-18/h3-11,20,23H,12-16H2,1-2H3. The number of sulfonamides is 1. The number of nitrogens with one attached hydrogen (secondary N) is 1. The maximum Gasteiger partial charge on any atom is 0.335 e. The van der Waals surface area contributed by atoms with Gasteiger partial charge in [0, 0.05) is 12.0 Å². The molecule has 160 valence electrons. The number of nitrogens with zero attached hydrogens (tertiary/aromatic N) is 2. The minimum Gasteiger partial charge on any atom is -0.497 e. The van der Waals surface area contributed by atoms with Gasteiger partial charge in [-0.15, -0.1) is 4.83 Å². The molecule has 2 fully saturated rings. The molecule has 1 aliphatic carbocycles. The molecule has 2 aromatic rings. The minimum absolute atomic E-state index is 0.0834. The molecule has 1 aliphatic heterocycles. The highest BCUT2D eigenvalue weighted by Gasteiger charge is 2.57. The van der Waals surface area contributed by atoms with Gasteiger partial charge in [0.1, 0.15) is 5.75 Å². The molecule has 2 aliphatic rings. The van der Waals surface area contributed by atoms with Gasteiger partial charge in [0.15, 0.2) is 0 Å². The van der Waals surface area contributed by atoms with Crippen molar-refractivity contribution < 1.29 is 17.9 Å². The summed E-state index contributed by atoms with van der Waals surface area (Å²) in [4.78, 5) is 17.4. The lowest BCUT2D eigenvalue weighted by Crippen LogP contribution is -2.45. The van der Waals surface area contributed by atoms with Gasteiger partial charge in [-0.05, 0) is 42.5 Å². The highest BCUT2D eigenvalue weighted by Crippen LogP contribution is 2.53. The number of carbonyl (C=O) groups is 1. The molecule has 1 unspecified atom stereocenters. The third-order valence-corrected chi connectivity index (χ3v) is 6.61. The maximum atomic E-state index is 13.1. The molecule has 1 saturated carbocycles. The topological polar surface area (TPSA) is 79.0 Å². The maximum absolute atomic E-state index is 13.1. The van der Waals surface area contributed by atoms with Crippen LogP contribution in [-0.4, -0.2) is 56.9 Å². The van der Waals surface area contributed by atoms with Crippen LogP contribution < -0.4 is 9.57 Å². The third kappa shape index (κ3) is 4.15. The summed E-state index contributed by atoms with van der Waals surface area (Å²) in [5.74, 6) is 0.790. The number of rotatable bonds is 8. The van der Waals surface area contributed by atoms with Crippen LogP contribution in [0.4, 0.5) is 4.79 Å². The Morgan fingerprint density at radius 1 is 1.10 bits per heavy atom. The van der Waals surface area contributed by atoms with Gasteiger partial charge < -0.3 is 9.64 Å². The fourth-order valence-corrected chi connectivity index (χ4v) is 4.95. The van der Waals surface area contributed by atoms with E-state index in [4.69, 9.17) is 4.74 Å². The molecule has 1 atom stereocenters. The zero-order chi connectivity index (χ0) is 21.4. The van der Waals surface area contributed by atoms with Gasteiger partial charge in [-0.2, -0.15) is 0 Å². The Morgan fingerprint density at radius 2 is 1.77 bits per heavy atom. The zero-order valence-electron chi connectivity index (χ0n) is 17.2. The minimum atomic E-state index is -3.54. The number of hydrogen-bond donors (Lipinski definition) is 1. The number of amides is 2. The second-order valence-electron chi connectivity index (χ2n) is 8.09. The van der Waals surface area contributed by atoms with E-state index >= 15 is 0 Å². The lowest BCUT2D eigenvalue weighted by atomic mass is 9.87. The SMILES string of the molecule is COc1ccc(CCN2C(=O)N(NS(C)(=O)=O)CC2C2(c3ccccc3)CC2)cc1. The van der Waals surface area contributed by atoms with Crippen molar-refractivity contribution >= 4 is 16.1 Å². The fraction of sp³-hybridized carbons (Fsp3) is 0.409. The number of benzene rings is 2. The van der Waals surface area contributed by atoms with Crippen molar-refractivity contribution in [3.05, 3.63) is 65.7 Å². The van der Waals surface area contributed by atoms with E-state index < -0.39 is 10.0 Å². The molecule has 0 bridgehead atoms. The summed E-state index contributed by atoms with van der Waals surface area (Å²) < 4.78 is 28.8. The molecule has 4 rings (SSSR count). The summed E-state index contributed by atoms with van der Waals surface area (Å²) in [7, 11) is -1.91. The number of carbonyl (C=O) groups excluding carboxylic acids is 1. The van der Waals surface area contributed by atoms with Crippen LogP contribution in [0.5, 0.6) is 5.75 Å². The number of hydrazine groups is 1. The van der Waals surface area contributed by atoms with Crippen molar-refractivity contribution in [3.63, 3.8) is 0 Å². The van der Waals surface area contributed by atoms with E-state index in [2.05, 4.69) is 17.0 Å². The second-order valence-corrected chi connectivity index (χ2v) is 9.81. The quantitative estimate of drug-likeness (QED) is 0.700. The van der Waals surface area contributed by atoms with Crippen molar-refractivity contribution in [2.24, 2.45) is 0 Å². The van der Waals surface area contributed by atoms with E-state index in [0.29, 0.717) is 19.5 Å². The van der Waals surface area contributed by atoms with Crippen molar-refractivity contribution in [2.75, 3.05) is 26.5 Å². The predicted octanol–water partition coefficient (Wildman–Crippen LogP) is 2.54. The van der Waals surface area contributed by atoms with E-state index in [1.165, 1.54) is 10.6 Å². The zero-order valence-corrected chi connectivity index (χ0v) is 18.1. The fourth-order valence-electron chi connectivity index (χ4n) is 4.40. The monoisotopic (exact) mass is 429 g/mol. The van der Waals surface area contributed by atoms with Gasteiger partial charge in [0.05, 0.1) is 26.0 Å². The van der Waals surface area contributed by atoms with Crippen LogP contribution in [0.1, 0.15) is 24.0 Å². The van der Waals surface area contributed by atoms with E-state index in [-0.39, 0.29) is 17.5 Å². The Bertz CT molecular complexity index is 1000. The normalized spacial score (nSPS) is 20.5. The highest BCUT2D eigenvalue weighted by atomic mass is 32.2. The first-order valence-corrected chi connectivity index (χ1v) is 12.0. The van der Waals surface area contributed by atoms with Gasteiger partial charge in [-0.25, -0.2) is 18.2 Å². The van der Waals surface area contributed by atoms with E-state index in [1.807, 2.05) is 47.4 Å². The highest BCUT2D eigenvalue weighted by molar-refractivity contribution is 7.88. The van der Waals surface area contributed by atoms with Gasteiger partial charge in [-0.1, -0.05) is 42.5 Å². The molecular weight excluding hydrogens is 402 g/mol. The second kappa shape index (κ2) is 7.92. The molecule has 7 nitrogen and oxygen atoms in total. The molecule has 30 heavy (non-hydrogen) atoms. The molecule has 1 heterocycles. The Labute approximate surface area is 177 Å². The summed E-state index contributed by atoms with van der Waals surface area (Å²) in [5, 5.41) is 1.25. The lowest BCUT2D eigenvalue weighted by molar-refractivity contribution is 0.178. The smallest absolute Gasteiger partial charge is 0.335 e. The van der Waals surface area contributed by atoms with Crippen LogP contribution in [0.15, 0.2) is 54.6 Å². The van der Waals surface area contributed by atoms with Crippen LogP contribution in [0.2, 0.25) is 0 Å². The molecule has 0 spiro atoms. The molecule has 1 N–H and O–H groups in total. The average Bonchev–Trinajstić information content (AvgIpc) is 3.48. The third-order valence-electron chi connectivity index (χ3n) is 6.06. The van der Waals surface area contributed by atoms with Crippen LogP contribution in [0, 0.1) is 0 Å². The van der Waals surface area contributed by atoms with Gasteiger partial charge in [0.25, 0.3) is 0 Å². The Balaban J connectivity index is 1.58. The summed E-state index contributed by atoms with van der Waals surface area (Å²) >= 11 is 0. The molecule has 0 aromatic heterocycles. The Morgan fingerprint density at radius 3 is 2.33 bits per heavy atom. The number of ether oxygens (including phenoxy) is 1. The van der Waals surface area contributed by atoms with Crippen molar-refractivity contribution in [2.45, 2.75) is 30.7 Å². The predicted molar refractivity (Wildman–Crippen MR) is 115 cm³/mol. The molecular formula is C22H27N3O4S. The van der Waals surface area contributed by atoms with Crippen LogP contribution >= 0.6 is 0 Å². The van der Waals surface area contributed by atoms with Crippen molar-refractivity contribution in [3.8, 4) is 5.75 Å².